The first-order valence-electron chi connectivity index (χ1n) is 1.62. The standard InChI is InChI=1S/C2H6N4/c1-6-2-3-4-5-6/h2,4-6H,1H2. The van der Waals surface area contributed by atoms with Crippen molar-refractivity contribution >= 4 is 6.34 Å². The lowest BCUT2D eigenvalue weighted by Crippen LogP contribution is -3.12. The topological polar surface area (TPSA) is 40.9 Å². The van der Waals surface area contributed by atoms with E-state index in [9.17, 15) is 0 Å². The van der Waals surface area contributed by atoms with Gasteiger partial charge in [-0.1, -0.05) is 5.53 Å². The molecule has 3 N–H and O–H groups in total. The van der Waals surface area contributed by atoms with E-state index in [2.05, 4.69) is 23.2 Å². The van der Waals surface area contributed by atoms with Crippen LogP contribution in [0.3, 0.4) is 0 Å². The van der Waals surface area contributed by atoms with Crippen molar-refractivity contribution in [1.29, 1.82) is 0 Å². The lowest BCUT2D eigenvalue weighted by atomic mass is 11.1. The predicted octanol–water partition coefficient (Wildman–Crippen LogP) is -2.37. The third-order valence-electron chi connectivity index (χ3n) is 0.501. The fraction of sp³-hybridized carbons (Fsp3) is 0. The average Bonchev–Trinajstić information content (AvgIpc) is 1.86. The molecule has 1 atom stereocenters. The Balaban J connectivity index is 2.38. The summed E-state index contributed by atoms with van der Waals surface area (Å²) in [4.78, 5) is 0. The molecule has 0 saturated heterocycles. The molecule has 0 aliphatic carbocycles. The second kappa shape index (κ2) is 1.24. The molecule has 0 saturated carbocycles. The Bertz CT molecular complexity index is 67.9. The summed E-state index contributed by atoms with van der Waals surface area (Å²) in [6, 6.07) is 0. The monoisotopic (exact) mass is 86.1 g/mol. The Morgan fingerprint density at radius 1 is 1.83 bits per heavy atom. The number of hydrazine groups is 1. The molecule has 1 heterocycles. The van der Waals surface area contributed by atoms with Crippen LogP contribution in [0.5, 0.6) is 0 Å². The van der Waals surface area contributed by atoms with E-state index in [4.69, 9.17) is 0 Å². The number of hydrogen-bond donors (Lipinski definition) is 3. The molecule has 0 fully saturated rings. The Hall–Kier alpha value is -0.610. The average molecular weight is 86.1 g/mol. The van der Waals surface area contributed by atoms with Gasteiger partial charge in [0, 0.05) is 0 Å². The summed E-state index contributed by atoms with van der Waals surface area (Å²) in [6.45, 7) is 0. The van der Waals surface area contributed by atoms with Crippen LogP contribution >= 0.6 is 0 Å². The molecule has 0 radical (unpaired) electrons. The van der Waals surface area contributed by atoms with Crippen LogP contribution in [0.15, 0.2) is 5.10 Å². The van der Waals surface area contributed by atoms with E-state index >= 15 is 0 Å². The predicted molar refractivity (Wildman–Crippen MR) is 21.1 cm³/mol. The summed E-state index contributed by atoms with van der Waals surface area (Å²) in [6.07, 6.45) is 1.61. The van der Waals surface area contributed by atoms with Gasteiger partial charge in [-0.3, -0.25) is 0 Å². The Morgan fingerprint density at radius 2 is 2.67 bits per heavy atom. The molecule has 0 spiro atoms. The Morgan fingerprint density at radius 3 is 2.83 bits per heavy atom. The summed E-state index contributed by atoms with van der Waals surface area (Å²) >= 11 is 0. The van der Waals surface area contributed by atoms with Crippen LogP contribution in [0, 0.1) is 7.05 Å². The third kappa shape index (κ3) is 0.474. The second-order valence-corrected chi connectivity index (χ2v) is 1.02. The maximum absolute atomic E-state index is 3.58. The molecule has 0 aromatic carbocycles. The number of hydrogen-bond acceptors (Lipinski definition) is 3. The fourth-order valence-electron chi connectivity index (χ4n) is 0.247. The molecule has 0 aromatic heterocycles. The molecular formula is C2H6N4. The molecule has 6 heavy (non-hydrogen) atoms. The molecule has 1 aliphatic heterocycles. The zero-order valence-electron chi connectivity index (χ0n) is 3.23. The number of nitrogens with one attached hydrogen (secondary N) is 3. The van der Waals surface area contributed by atoms with E-state index in [1.807, 2.05) is 0 Å². The number of hydrazone groups is 1. The summed E-state index contributed by atoms with van der Waals surface area (Å²) in [5.41, 5.74) is 5.14. The van der Waals surface area contributed by atoms with Crippen molar-refractivity contribution in [2.45, 2.75) is 0 Å². The van der Waals surface area contributed by atoms with E-state index in [0.717, 1.165) is 5.01 Å². The highest BCUT2D eigenvalue weighted by atomic mass is 15.8. The summed E-state index contributed by atoms with van der Waals surface area (Å²) in [5.74, 6) is 0. The van der Waals surface area contributed by atoms with Crippen molar-refractivity contribution < 1.29 is 5.01 Å². The van der Waals surface area contributed by atoms with Gasteiger partial charge in [-0.2, -0.15) is 5.53 Å². The minimum Gasteiger partial charge on any atom is -0.325 e. The van der Waals surface area contributed by atoms with Crippen molar-refractivity contribution in [3.63, 3.8) is 0 Å². The van der Waals surface area contributed by atoms with Crippen LogP contribution in [0.2, 0.25) is 0 Å². The van der Waals surface area contributed by atoms with Gasteiger partial charge >= 0.3 is 0 Å². The first-order chi connectivity index (χ1) is 2.89. The molecule has 1 rings (SSSR count). The Kier molecular flexibility index (Phi) is 0.736. The molecule has 1 aliphatic rings. The molecule has 4 nitrogen and oxygen atoms in total. The van der Waals surface area contributed by atoms with Gasteiger partial charge in [0.15, 0.2) is 0 Å². The van der Waals surface area contributed by atoms with Crippen LogP contribution in [0.4, 0.5) is 0 Å². The van der Waals surface area contributed by atoms with Crippen molar-refractivity contribution in [1.82, 2.24) is 11.1 Å². The van der Waals surface area contributed by atoms with Gasteiger partial charge in [0.25, 0.3) is 0 Å². The maximum atomic E-state index is 3.58. The van der Waals surface area contributed by atoms with Gasteiger partial charge in [0.1, 0.15) is 0 Å². The van der Waals surface area contributed by atoms with E-state index in [0.29, 0.717) is 0 Å². The minimum absolute atomic E-state index is 0.801. The van der Waals surface area contributed by atoms with Crippen LogP contribution in [0.25, 0.3) is 0 Å². The van der Waals surface area contributed by atoms with E-state index in [-0.39, 0.29) is 0 Å². The smallest absolute Gasteiger partial charge is 0.201 e. The van der Waals surface area contributed by atoms with Crippen LogP contribution in [-0.4, -0.2) is 6.34 Å². The van der Waals surface area contributed by atoms with E-state index < -0.39 is 0 Å². The van der Waals surface area contributed by atoms with Gasteiger partial charge in [0.2, 0.25) is 6.34 Å². The Labute approximate surface area is 35.8 Å². The SMILES string of the molecule is [CH2-][NH+]1C=NNN1. The van der Waals surface area contributed by atoms with Crippen molar-refractivity contribution in [2.24, 2.45) is 5.10 Å². The molecular weight excluding hydrogens is 80.0 g/mol. The fourth-order valence-corrected chi connectivity index (χ4v) is 0.247. The van der Waals surface area contributed by atoms with E-state index in [1.54, 1.807) is 6.34 Å². The van der Waals surface area contributed by atoms with Gasteiger partial charge in [-0.05, 0) is 0 Å². The highest BCUT2D eigenvalue weighted by Gasteiger charge is 1.91. The van der Waals surface area contributed by atoms with Gasteiger partial charge in [-0.15, -0.1) is 12.1 Å². The van der Waals surface area contributed by atoms with Gasteiger partial charge < -0.3 is 5.01 Å². The van der Waals surface area contributed by atoms with Crippen molar-refractivity contribution in [3.8, 4) is 0 Å². The first-order valence-corrected chi connectivity index (χ1v) is 1.62. The zero-order valence-corrected chi connectivity index (χ0v) is 3.23. The largest absolute Gasteiger partial charge is 0.325 e. The molecule has 0 amide bonds. The summed E-state index contributed by atoms with van der Waals surface area (Å²) < 4.78 is 0. The highest BCUT2D eigenvalue weighted by molar-refractivity contribution is 5.42. The highest BCUT2D eigenvalue weighted by Crippen LogP contribution is 1.42. The maximum Gasteiger partial charge on any atom is 0.201 e. The summed E-state index contributed by atoms with van der Waals surface area (Å²) in [5, 5.41) is 4.38. The van der Waals surface area contributed by atoms with Crippen LogP contribution in [-0.2, 0) is 0 Å². The normalized spacial score (nSPS) is 30.5. The number of quaternary nitrogens is 1. The van der Waals surface area contributed by atoms with E-state index in [1.165, 1.54) is 0 Å². The molecule has 4 heteroatoms. The quantitative estimate of drug-likeness (QED) is 0.288. The number of nitrogens with zero attached hydrogens (tertiary/aromatic N) is 1. The van der Waals surface area contributed by atoms with Gasteiger partial charge in [-0.25, -0.2) is 0 Å². The minimum atomic E-state index is 0.801. The third-order valence-corrected chi connectivity index (χ3v) is 0.501. The molecule has 0 aromatic rings. The zero-order chi connectivity index (χ0) is 4.41. The number of rotatable bonds is 0. The second-order valence-electron chi connectivity index (χ2n) is 1.02. The lowest BCUT2D eigenvalue weighted by molar-refractivity contribution is -0.799. The lowest BCUT2D eigenvalue weighted by Gasteiger charge is -2.02. The van der Waals surface area contributed by atoms with Crippen LogP contribution in [0.1, 0.15) is 0 Å². The molecule has 1 unspecified atom stereocenters. The molecule has 0 bridgehead atoms. The van der Waals surface area contributed by atoms with Gasteiger partial charge in [0.05, 0.1) is 0 Å². The van der Waals surface area contributed by atoms with Crippen LogP contribution < -0.4 is 16.1 Å². The first kappa shape index (κ1) is 3.58. The summed E-state index contributed by atoms with van der Waals surface area (Å²) in [7, 11) is 3.53. The van der Waals surface area contributed by atoms with Crippen molar-refractivity contribution in [3.05, 3.63) is 7.05 Å². The van der Waals surface area contributed by atoms with Crippen molar-refractivity contribution in [2.75, 3.05) is 0 Å². The molecule has 34 valence electrons.